The lowest BCUT2D eigenvalue weighted by Crippen LogP contribution is -2.33. The van der Waals surface area contributed by atoms with Crippen molar-refractivity contribution in [2.24, 2.45) is 0 Å². The standard InChI is InChI=1S/C12H17NO2/c1-9(2)13(3)12(14)10-7-5-6-8-11(10)15-4/h5-9H,1-4H3. The Bertz CT molecular complexity index is 347. The first-order valence-corrected chi connectivity index (χ1v) is 4.98. The largest absolute Gasteiger partial charge is 0.496 e. The van der Waals surface area contributed by atoms with Crippen molar-refractivity contribution < 1.29 is 9.53 Å². The molecule has 0 radical (unpaired) electrons. The van der Waals surface area contributed by atoms with E-state index in [-0.39, 0.29) is 11.9 Å². The van der Waals surface area contributed by atoms with Crippen LogP contribution in [0.1, 0.15) is 24.2 Å². The Labute approximate surface area is 90.7 Å². The minimum absolute atomic E-state index is 0.0116. The van der Waals surface area contributed by atoms with Crippen molar-refractivity contribution >= 4 is 5.91 Å². The molecule has 0 saturated heterocycles. The quantitative estimate of drug-likeness (QED) is 0.760. The van der Waals surface area contributed by atoms with E-state index in [1.165, 1.54) is 0 Å². The number of hydrogen-bond donors (Lipinski definition) is 0. The SMILES string of the molecule is COc1ccccc1C(=O)N(C)C(C)C. The summed E-state index contributed by atoms with van der Waals surface area (Å²) in [5.74, 6) is 0.609. The monoisotopic (exact) mass is 207 g/mol. The molecule has 0 bridgehead atoms. The molecule has 0 fully saturated rings. The molecule has 1 aromatic rings. The van der Waals surface area contributed by atoms with Gasteiger partial charge in [0.15, 0.2) is 0 Å². The van der Waals surface area contributed by atoms with Gasteiger partial charge in [0.25, 0.3) is 5.91 Å². The van der Waals surface area contributed by atoms with Crippen molar-refractivity contribution in [3.8, 4) is 5.75 Å². The number of benzene rings is 1. The van der Waals surface area contributed by atoms with E-state index in [4.69, 9.17) is 4.74 Å². The second-order valence-corrected chi connectivity index (χ2v) is 3.71. The first-order chi connectivity index (χ1) is 7.07. The van der Waals surface area contributed by atoms with Gasteiger partial charge in [-0.1, -0.05) is 12.1 Å². The molecule has 3 nitrogen and oxygen atoms in total. The fraction of sp³-hybridized carbons (Fsp3) is 0.417. The summed E-state index contributed by atoms with van der Waals surface area (Å²) in [6, 6.07) is 7.44. The highest BCUT2D eigenvalue weighted by Crippen LogP contribution is 2.19. The average molecular weight is 207 g/mol. The van der Waals surface area contributed by atoms with Gasteiger partial charge >= 0.3 is 0 Å². The van der Waals surface area contributed by atoms with Crippen molar-refractivity contribution in [3.05, 3.63) is 29.8 Å². The maximum Gasteiger partial charge on any atom is 0.257 e. The minimum Gasteiger partial charge on any atom is -0.496 e. The second-order valence-electron chi connectivity index (χ2n) is 3.71. The van der Waals surface area contributed by atoms with Crippen LogP contribution in [0.15, 0.2) is 24.3 Å². The van der Waals surface area contributed by atoms with Gasteiger partial charge in [0.05, 0.1) is 12.7 Å². The van der Waals surface area contributed by atoms with E-state index < -0.39 is 0 Å². The lowest BCUT2D eigenvalue weighted by molar-refractivity contribution is 0.0751. The molecule has 0 N–H and O–H groups in total. The predicted octanol–water partition coefficient (Wildman–Crippen LogP) is 2.18. The molecule has 3 heteroatoms. The fourth-order valence-corrected chi connectivity index (χ4v) is 1.25. The summed E-state index contributed by atoms with van der Waals surface area (Å²) in [5, 5.41) is 0. The molecule has 0 aliphatic carbocycles. The summed E-state index contributed by atoms with van der Waals surface area (Å²) in [4.78, 5) is 13.7. The Morgan fingerprint density at radius 1 is 1.33 bits per heavy atom. The van der Waals surface area contributed by atoms with E-state index in [1.807, 2.05) is 26.0 Å². The van der Waals surface area contributed by atoms with Crippen LogP contribution >= 0.6 is 0 Å². The molecule has 0 aliphatic rings. The zero-order valence-corrected chi connectivity index (χ0v) is 9.65. The molecule has 0 saturated carbocycles. The molecular weight excluding hydrogens is 190 g/mol. The number of carbonyl (C=O) groups excluding carboxylic acids is 1. The highest BCUT2D eigenvalue weighted by atomic mass is 16.5. The second kappa shape index (κ2) is 4.82. The molecule has 82 valence electrons. The molecule has 1 amide bonds. The number of para-hydroxylation sites is 1. The van der Waals surface area contributed by atoms with E-state index in [0.717, 1.165) is 0 Å². The van der Waals surface area contributed by atoms with Gasteiger partial charge < -0.3 is 9.64 Å². The summed E-state index contributed by atoms with van der Waals surface area (Å²) in [5.41, 5.74) is 0.608. The molecule has 1 rings (SSSR count). The van der Waals surface area contributed by atoms with Crippen molar-refractivity contribution in [2.75, 3.05) is 14.2 Å². The van der Waals surface area contributed by atoms with E-state index in [0.29, 0.717) is 11.3 Å². The zero-order chi connectivity index (χ0) is 11.4. The third kappa shape index (κ3) is 2.49. The summed E-state index contributed by atoms with van der Waals surface area (Å²) in [7, 11) is 3.36. The van der Waals surface area contributed by atoms with Crippen LogP contribution in [0.4, 0.5) is 0 Å². The maximum atomic E-state index is 12.0. The molecule has 15 heavy (non-hydrogen) atoms. The lowest BCUT2D eigenvalue weighted by atomic mass is 10.1. The first-order valence-electron chi connectivity index (χ1n) is 4.98. The number of ether oxygens (including phenoxy) is 1. The number of nitrogens with zero attached hydrogens (tertiary/aromatic N) is 1. The molecule has 0 aliphatic heterocycles. The van der Waals surface area contributed by atoms with Crippen molar-refractivity contribution in [1.82, 2.24) is 4.90 Å². The number of rotatable bonds is 3. The smallest absolute Gasteiger partial charge is 0.257 e. The Morgan fingerprint density at radius 3 is 2.47 bits per heavy atom. The highest BCUT2D eigenvalue weighted by molar-refractivity contribution is 5.96. The third-order valence-electron chi connectivity index (χ3n) is 2.43. The molecule has 0 unspecified atom stereocenters. The Kier molecular flexibility index (Phi) is 3.72. The van der Waals surface area contributed by atoms with Crippen LogP contribution in [0.2, 0.25) is 0 Å². The topological polar surface area (TPSA) is 29.5 Å². The third-order valence-corrected chi connectivity index (χ3v) is 2.43. The lowest BCUT2D eigenvalue weighted by Gasteiger charge is -2.22. The Morgan fingerprint density at radius 2 is 1.93 bits per heavy atom. The molecule has 0 spiro atoms. The molecule has 1 aromatic carbocycles. The van der Waals surface area contributed by atoms with Crippen molar-refractivity contribution in [1.29, 1.82) is 0 Å². The van der Waals surface area contributed by atoms with Gasteiger partial charge in [-0.05, 0) is 26.0 Å². The van der Waals surface area contributed by atoms with Crippen LogP contribution in [-0.2, 0) is 0 Å². The molecule has 0 atom stereocenters. The average Bonchev–Trinajstić information content (AvgIpc) is 2.26. The number of hydrogen-bond acceptors (Lipinski definition) is 2. The molecular formula is C12H17NO2. The predicted molar refractivity (Wildman–Crippen MR) is 60.2 cm³/mol. The normalized spacial score (nSPS) is 10.2. The van der Waals surface area contributed by atoms with Gasteiger partial charge in [-0.2, -0.15) is 0 Å². The fourth-order valence-electron chi connectivity index (χ4n) is 1.25. The van der Waals surface area contributed by atoms with Crippen LogP contribution in [-0.4, -0.2) is 31.0 Å². The van der Waals surface area contributed by atoms with Gasteiger partial charge in [-0.3, -0.25) is 4.79 Å². The number of amides is 1. The van der Waals surface area contributed by atoms with E-state index >= 15 is 0 Å². The van der Waals surface area contributed by atoms with Crippen LogP contribution in [0.5, 0.6) is 5.75 Å². The van der Waals surface area contributed by atoms with Crippen molar-refractivity contribution in [2.45, 2.75) is 19.9 Å². The number of methoxy groups -OCH3 is 1. The Hall–Kier alpha value is -1.51. The van der Waals surface area contributed by atoms with Gasteiger partial charge in [-0.15, -0.1) is 0 Å². The minimum atomic E-state index is -0.0116. The Balaban J connectivity index is 3.00. The van der Waals surface area contributed by atoms with Crippen LogP contribution in [0.3, 0.4) is 0 Å². The zero-order valence-electron chi connectivity index (χ0n) is 9.65. The first kappa shape index (κ1) is 11.6. The van der Waals surface area contributed by atoms with Crippen LogP contribution < -0.4 is 4.74 Å². The molecule has 0 aromatic heterocycles. The van der Waals surface area contributed by atoms with Gasteiger partial charge in [0, 0.05) is 13.1 Å². The summed E-state index contributed by atoms with van der Waals surface area (Å²) < 4.78 is 5.15. The van der Waals surface area contributed by atoms with Crippen LogP contribution in [0.25, 0.3) is 0 Å². The van der Waals surface area contributed by atoms with E-state index in [9.17, 15) is 4.79 Å². The molecule has 0 heterocycles. The maximum absolute atomic E-state index is 12.0. The van der Waals surface area contributed by atoms with E-state index in [1.54, 1.807) is 31.2 Å². The van der Waals surface area contributed by atoms with Crippen molar-refractivity contribution in [3.63, 3.8) is 0 Å². The van der Waals surface area contributed by atoms with E-state index in [2.05, 4.69) is 0 Å². The summed E-state index contributed by atoms with van der Waals surface area (Å²) in [6.45, 7) is 3.96. The van der Waals surface area contributed by atoms with Gasteiger partial charge in [-0.25, -0.2) is 0 Å². The highest BCUT2D eigenvalue weighted by Gasteiger charge is 2.17. The summed E-state index contributed by atoms with van der Waals surface area (Å²) in [6.07, 6.45) is 0. The van der Waals surface area contributed by atoms with Gasteiger partial charge in [0.2, 0.25) is 0 Å². The van der Waals surface area contributed by atoms with Crippen LogP contribution in [0, 0.1) is 0 Å². The number of carbonyl (C=O) groups is 1. The van der Waals surface area contributed by atoms with Gasteiger partial charge in [0.1, 0.15) is 5.75 Å². The summed E-state index contributed by atoms with van der Waals surface area (Å²) >= 11 is 0.